The molecule has 6 aliphatic heterocycles. The Hall–Kier alpha value is -12.9. The van der Waals surface area contributed by atoms with Crippen molar-refractivity contribution in [3.05, 3.63) is 245 Å². The number of pyridine rings is 6. The van der Waals surface area contributed by atoms with E-state index in [0.29, 0.717) is 68.8 Å². The summed E-state index contributed by atoms with van der Waals surface area (Å²) in [5.74, 6) is 0. The molecule has 0 spiro atoms. The lowest BCUT2D eigenvalue weighted by Crippen LogP contribution is -2.50. The van der Waals surface area contributed by atoms with Crippen molar-refractivity contribution in [1.82, 2.24) is 105 Å². The van der Waals surface area contributed by atoms with E-state index < -0.39 is 0 Å². The van der Waals surface area contributed by atoms with Crippen molar-refractivity contribution in [2.45, 2.75) is 134 Å². The summed E-state index contributed by atoms with van der Waals surface area (Å²) < 4.78 is 14.4. The molecular weight excluding hydrogens is 1580 g/mol. The molecular formula is C96H110N26O4. The van der Waals surface area contributed by atoms with E-state index in [-0.39, 0.29) is 22.2 Å². The fourth-order valence-electron chi connectivity index (χ4n) is 19.5. The van der Waals surface area contributed by atoms with Gasteiger partial charge in [-0.3, -0.25) is 56.5 Å². The molecule has 0 bridgehead atoms. The lowest BCUT2D eigenvalue weighted by atomic mass is 10.1. The first kappa shape index (κ1) is 82.7. The molecule has 0 unspecified atom stereocenters. The van der Waals surface area contributed by atoms with E-state index in [2.05, 4.69) is 122 Å². The van der Waals surface area contributed by atoms with Gasteiger partial charge < -0.3 is 38.2 Å². The highest BCUT2D eigenvalue weighted by atomic mass is 16.1. The van der Waals surface area contributed by atoms with Crippen LogP contribution in [0, 0.1) is 55.4 Å². The number of piperazine rings is 4. The first-order valence-corrected chi connectivity index (χ1v) is 44.8. The van der Waals surface area contributed by atoms with E-state index in [1.807, 2.05) is 166 Å². The van der Waals surface area contributed by atoms with Crippen molar-refractivity contribution in [2.75, 3.05) is 137 Å². The van der Waals surface area contributed by atoms with Gasteiger partial charge in [0, 0.05) is 189 Å². The Morgan fingerprint density at radius 3 is 1.13 bits per heavy atom. The largest absolute Gasteiger partial charge is 0.368 e. The highest BCUT2D eigenvalue weighted by Crippen LogP contribution is 2.33. The number of hydrogen-bond acceptors (Lipinski definition) is 22. The minimum Gasteiger partial charge on any atom is -0.368 e. The predicted molar refractivity (Wildman–Crippen MR) is 497 cm³/mol. The summed E-state index contributed by atoms with van der Waals surface area (Å²) in [6.45, 7) is 43.5. The maximum absolute atomic E-state index is 13.2. The van der Waals surface area contributed by atoms with Gasteiger partial charge in [-0.15, -0.1) is 0 Å². The Morgan fingerprint density at radius 1 is 0.317 bits per heavy atom. The van der Waals surface area contributed by atoms with Crippen LogP contribution in [0.4, 0.5) is 22.7 Å². The maximum atomic E-state index is 13.2. The van der Waals surface area contributed by atoms with E-state index in [1.54, 1.807) is 41.9 Å². The monoisotopic (exact) mass is 1690 g/mol. The van der Waals surface area contributed by atoms with Crippen LogP contribution in [0.15, 0.2) is 166 Å². The van der Waals surface area contributed by atoms with Crippen molar-refractivity contribution in [1.29, 1.82) is 0 Å². The van der Waals surface area contributed by atoms with Gasteiger partial charge in [0.15, 0.2) is 0 Å². The van der Waals surface area contributed by atoms with Gasteiger partial charge in [-0.1, -0.05) is 27.7 Å². The summed E-state index contributed by atoms with van der Waals surface area (Å²) in [7, 11) is 0. The molecule has 0 N–H and O–H groups in total. The van der Waals surface area contributed by atoms with Crippen LogP contribution in [0.1, 0.15) is 110 Å². The summed E-state index contributed by atoms with van der Waals surface area (Å²) in [5, 5.41) is 9.39. The summed E-state index contributed by atoms with van der Waals surface area (Å²) in [6.07, 6.45) is 26.3. The molecule has 16 aromatic rings. The van der Waals surface area contributed by atoms with Gasteiger partial charge in [0.1, 0.15) is 45.3 Å². The number of hydrogen-bond donors (Lipinski definition) is 0. The molecule has 0 saturated carbocycles. The quantitative estimate of drug-likeness (QED) is 0.110. The average molecular weight is 1690 g/mol. The summed E-state index contributed by atoms with van der Waals surface area (Å²) in [4.78, 5) is 109. The average Bonchev–Trinajstić information content (AvgIpc) is 1.46. The molecule has 2 atom stereocenters. The number of fused-ring (bicyclic) bond motifs is 10. The van der Waals surface area contributed by atoms with Gasteiger partial charge in [-0.05, 0) is 203 Å². The second-order valence-electron chi connectivity index (χ2n) is 34.8. The molecule has 6 saturated heterocycles. The lowest BCUT2D eigenvalue weighted by molar-refractivity contribution is 0.231. The number of aryl methyl sites for hydroxylation is 10. The molecule has 0 amide bonds. The standard InChI is InChI=1S/C25H29N7O.C24H29N7O.C24H26N6O.C23H26N6O/c1-4-20-23-11-22(28-32(23)13-17(3)26-20)21-12-24(33)31-15-19(10-16(2)25(31)27-21)30-9-8-29-7-5-6-18(29)14-30;1-5-19-22-12-21(27-31(22)14-17(4)25-19)20-13-23(32)30-15-18(11-16(3)24(30)26-20)29-9-7-28(6-2)8-10-29;1-16-10-18(13-29-12-17(2)25-24(16)29)21-11-23(31)30-15-20(5-6-22(30)26-21)28-9-8-27-7-3-4-19(27)14-28;1-4-26-7-9-27(10-8-26)19-5-6-21-25-20(12-22(30)29(21)15-19)18-11-16(2)23-24-17(3)13-28(23)14-18/h10-13,15,18H,4-9,14H2,1-3H3;11-15H,5-10H2,1-4H3;5-6,10-13,15,19H,3-4,7-9,14H2,1-2H3;5-6,11-15H,4,7-10H2,1-3H3/t18-;;19-;/m0.0./s1. The van der Waals surface area contributed by atoms with Crippen LogP contribution in [-0.4, -0.2) is 235 Å². The van der Waals surface area contributed by atoms with Gasteiger partial charge in [0.05, 0.1) is 103 Å². The van der Waals surface area contributed by atoms with Crippen LogP contribution in [0.2, 0.25) is 0 Å². The highest BCUT2D eigenvalue weighted by Gasteiger charge is 2.33. The van der Waals surface area contributed by atoms with Crippen molar-refractivity contribution in [3.8, 4) is 45.3 Å². The van der Waals surface area contributed by atoms with E-state index in [0.717, 1.165) is 230 Å². The zero-order chi connectivity index (χ0) is 87.0. The molecule has 30 nitrogen and oxygen atoms in total. The van der Waals surface area contributed by atoms with Crippen LogP contribution >= 0.6 is 0 Å². The summed E-state index contributed by atoms with van der Waals surface area (Å²) >= 11 is 0. The fraction of sp³-hybridized carbons (Fsp3) is 0.396. The van der Waals surface area contributed by atoms with Gasteiger partial charge >= 0.3 is 0 Å². The molecule has 22 heterocycles. The molecule has 16 aromatic heterocycles. The topological polar surface area (TPSA) is 258 Å². The third-order valence-electron chi connectivity index (χ3n) is 26.2. The van der Waals surface area contributed by atoms with Gasteiger partial charge in [0.2, 0.25) is 0 Å². The molecule has 0 radical (unpaired) electrons. The number of rotatable bonds is 12. The Kier molecular flexibility index (Phi) is 22.5. The summed E-state index contributed by atoms with van der Waals surface area (Å²) in [5.41, 5.74) is 26.1. The molecule has 30 heteroatoms. The Balaban J connectivity index is 0.000000110. The van der Waals surface area contributed by atoms with Crippen LogP contribution in [0.5, 0.6) is 0 Å². The van der Waals surface area contributed by atoms with Gasteiger partial charge in [-0.25, -0.2) is 38.9 Å². The fourth-order valence-corrected chi connectivity index (χ4v) is 19.5. The van der Waals surface area contributed by atoms with E-state index in [4.69, 9.17) is 25.0 Å². The predicted octanol–water partition coefficient (Wildman–Crippen LogP) is 11.3. The number of aromatic nitrogens is 18. The molecule has 22 rings (SSSR count). The number of anilines is 4. The number of likely N-dealkylation sites (N-methyl/N-ethyl adjacent to an activating group) is 2. The van der Waals surface area contributed by atoms with Gasteiger partial charge in [-0.2, -0.15) is 10.2 Å². The zero-order valence-corrected chi connectivity index (χ0v) is 74.2. The molecule has 126 heavy (non-hydrogen) atoms. The lowest BCUT2D eigenvalue weighted by Gasteiger charge is -2.39. The van der Waals surface area contributed by atoms with Crippen molar-refractivity contribution < 1.29 is 0 Å². The van der Waals surface area contributed by atoms with Crippen LogP contribution in [0.3, 0.4) is 0 Å². The van der Waals surface area contributed by atoms with Crippen LogP contribution in [-0.2, 0) is 12.8 Å². The SMILES string of the molecule is CCN1CCN(c2ccc3nc(-c4cc(C)c5nc(C)cn5c4)cc(=O)n3c2)CC1.CCc1nc(C)cn2nc(-c3cc(=O)n4cc(N5CCN(CC)CC5)cc(C)c4n3)cc12.CCc1nc(C)cn2nc(-c3cc(=O)n4cc(N5CCN6CCC[C@H]6C5)cc(C)c4n3)cc12.Cc1cn2cc(-c3cc(=O)n4cc(N5CCN6CCC[C@H]6C5)ccc4n3)cc(C)c2n1. The van der Waals surface area contributed by atoms with E-state index in [1.165, 1.54) is 38.8 Å². The van der Waals surface area contributed by atoms with Crippen molar-refractivity contribution in [3.63, 3.8) is 0 Å². The van der Waals surface area contributed by atoms with Gasteiger partial charge in [0.25, 0.3) is 22.2 Å². The van der Waals surface area contributed by atoms with E-state index in [9.17, 15) is 19.2 Å². The van der Waals surface area contributed by atoms with Crippen LogP contribution < -0.4 is 41.8 Å². The third-order valence-corrected chi connectivity index (χ3v) is 26.2. The number of imidazole rings is 2. The molecule has 0 aliphatic carbocycles. The normalized spacial score (nSPS) is 17.3. The minimum absolute atomic E-state index is 0.0547. The highest BCUT2D eigenvalue weighted by molar-refractivity contribution is 5.72. The Labute approximate surface area is 730 Å². The second kappa shape index (κ2) is 34.2. The molecule has 6 aliphatic rings. The van der Waals surface area contributed by atoms with Crippen molar-refractivity contribution in [2.24, 2.45) is 0 Å². The molecule has 6 fully saturated rings. The Bertz CT molecular complexity index is 7160. The first-order valence-electron chi connectivity index (χ1n) is 44.8. The molecule has 0 aromatic carbocycles. The summed E-state index contributed by atoms with van der Waals surface area (Å²) in [6, 6.07) is 28.1. The molecule has 648 valence electrons. The number of nitrogens with zero attached hydrogens (tertiary/aromatic N) is 26. The van der Waals surface area contributed by atoms with E-state index >= 15 is 0 Å². The maximum Gasteiger partial charge on any atom is 0.258 e. The van der Waals surface area contributed by atoms with Crippen LogP contribution in [0.25, 0.3) is 90.2 Å². The Morgan fingerprint density at radius 2 is 0.690 bits per heavy atom. The van der Waals surface area contributed by atoms with Crippen molar-refractivity contribution >= 4 is 67.7 Å². The smallest absolute Gasteiger partial charge is 0.258 e. The first-order chi connectivity index (χ1) is 61.0. The zero-order valence-electron chi connectivity index (χ0n) is 74.2. The minimum atomic E-state index is -0.0933. The third kappa shape index (κ3) is 16.3. The second-order valence-corrected chi connectivity index (χ2v) is 34.8.